The van der Waals surface area contributed by atoms with Crippen molar-refractivity contribution >= 4 is 34.5 Å². The van der Waals surface area contributed by atoms with Gasteiger partial charge in [-0.1, -0.05) is 29.8 Å². The number of halogens is 1. The number of benzene rings is 2. The number of amides is 3. The van der Waals surface area contributed by atoms with Crippen molar-refractivity contribution in [2.24, 2.45) is 0 Å². The van der Waals surface area contributed by atoms with E-state index < -0.39 is 17.2 Å². The standard InChI is InChI=1S/C22H17ClN2O5/c1-12-8-18-14(10-16(12)23)13(9-19(26)30-18)11-25-20(27)22(24-21(25)28)6-7-29-17-5-3-2-4-15(17)22/h2-5,8-10H,6-7,11H2,1H3,(H,24,28). The van der Waals surface area contributed by atoms with Crippen LogP contribution in [0.25, 0.3) is 11.0 Å². The molecular weight excluding hydrogens is 408 g/mol. The van der Waals surface area contributed by atoms with Crippen molar-refractivity contribution in [1.82, 2.24) is 10.2 Å². The highest BCUT2D eigenvalue weighted by atomic mass is 35.5. The van der Waals surface area contributed by atoms with Crippen LogP contribution in [0.15, 0.2) is 51.7 Å². The molecule has 3 aromatic rings. The average Bonchev–Trinajstić information content (AvgIpc) is 2.94. The molecule has 0 radical (unpaired) electrons. The Bertz CT molecular complexity index is 1280. The Morgan fingerprint density at radius 3 is 2.80 bits per heavy atom. The van der Waals surface area contributed by atoms with Gasteiger partial charge in [0.2, 0.25) is 0 Å². The smallest absolute Gasteiger partial charge is 0.336 e. The van der Waals surface area contributed by atoms with Crippen LogP contribution in [0.5, 0.6) is 5.75 Å². The molecule has 5 rings (SSSR count). The summed E-state index contributed by atoms with van der Waals surface area (Å²) in [5.74, 6) is 0.204. The molecule has 3 amide bonds. The van der Waals surface area contributed by atoms with Crippen molar-refractivity contribution in [2.45, 2.75) is 25.4 Å². The molecule has 1 spiro atoms. The van der Waals surface area contributed by atoms with Gasteiger partial charge >= 0.3 is 11.7 Å². The van der Waals surface area contributed by atoms with Gasteiger partial charge in [-0.2, -0.15) is 0 Å². The number of urea groups is 1. The molecule has 1 atom stereocenters. The van der Waals surface area contributed by atoms with E-state index in [-0.39, 0.29) is 12.5 Å². The third-order valence-corrected chi connectivity index (χ3v) is 6.10. The zero-order chi connectivity index (χ0) is 21.0. The van der Waals surface area contributed by atoms with E-state index in [1.54, 1.807) is 37.3 Å². The van der Waals surface area contributed by atoms with Gasteiger partial charge in [0.25, 0.3) is 5.91 Å². The van der Waals surface area contributed by atoms with E-state index in [0.717, 1.165) is 10.5 Å². The summed E-state index contributed by atoms with van der Waals surface area (Å²) < 4.78 is 10.9. The molecule has 0 saturated carbocycles. The lowest BCUT2D eigenvalue weighted by Crippen LogP contribution is -2.47. The van der Waals surface area contributed by atoms with E-state index in [1.165, 1.54) is 6.07 Å². The number of imide groups is 1. The molecule has 1 aromatic heterocycles. The van der Waals surface area contributed by atoms with E-state index in [4.69, 9.17) is 20.8 Å². The molecule has 2 aliphatic heterocycles. The summed E-state index contributed by atoms with van der Waals surface area (Å²) in [5, 5.41) is 3.95. The van der Waals surface area contributed by atoms with Gasteiger partial charge in [0.05, 0.1) is 13.2 Å². The Morgan fingerprint density at radius 2 is 1.97 bits per heavy atom. The van der Waals surface area contributed by atoms with Gasteiger partial charge in [0.1, 0.15) is 11.3 Å². The number of hydrogen-bond acceptors (Lipinski definition) is 5. The number of rotatable bonds is 2. The van der Waals surface area contributed by atoms with Crippen molar-refractivity contribution in [1.29, 1.82) is 0 Å². The van der Waals surface area contributed by atoms with Gasteiger partial charge in [0.15, 0.2) is 5.54 Å². The van der Waals surface area contributed by atoms with E-state index in [9.17, 15) is 14.4 Å². The number of hydrogen-bond donors (Lipinski definition) is 1. The average molecular weight is 425 g/mol. The Hall–Kier alpha value is -3.32. The third kappa shape index (κ3) is 2.69. The number of nitrogens with one attached hydrogen (secondary N) is 1. The summed E-state index contributed by atoms with van der Waals surface area (Å²) in [6, 6.07) is 11.3. The zero-order valence-corrected chi connectivity index (χ0v) is 16.8. The fourth-order valence-electron chi connectivity index (χ4n) is 4.16. The maximum absolute atomic E-state index is 13.5. The summed E-state index contributed by atoms with van der Waals surface area (Å²) in [5.41, 5.74) is 0.513. The molecule has 1 fully saturated rings. The number of ether oxygens (including phenoxy) is 1. The summed E-state index contributed by atoms with van der Waals surface area (Å²) >= 11 is 6.25. The largest absolute Gasteiger partial charge is 0.493 e. The van der Waals surface area contributed by atoms with Crippen molar-refractivity contribution in [3.63, 3.8) is 0 Å². The molecule has 30 heavy (non-hydrogen) atoms. The normalized spacial score (nSPS) is 20.4. The first-order valence-corrected chi connectivity index (χ1v) is 9.86. The summed E-state index contributed by atoms with van der Waals surface area (Å²) in [6.45, 7) is 2.04. The lowest BCUT2D eigenvalue weighted by atomic mass is 9.84. The highest BCUT2D eigenvalue weighted by molar-refractivity contribution is 6.32. The van der Waals surface area contributed by atoms with Crippen molar-refractivity contribution in [3.8, 4) is 5.75 Å². The molecule has 1 unspecified atom stereocenters. The number of para-hydroxylation sites is 1. The van der Waals surface area contributed by atoms with Crippen LogP contribution in [0.4, 0.5) is 4.79 Å². The molecule has 1 saturated heterocycles. The second-order valence-corrected chi connectivity index (χ2v) is 7.92. The van der Waals surface area contributed by atoms with E-state index >= 15 is 0 Å². The summed E-state index contributed by atoms with van der Waals surface area (Å²) in [6.07, 6.45) is 0.327. The first kappa shape index (κ1) is 18.7. The molecule has 2 aliphatic rings. The maximum atomic E-state index is 13.5. The van der Waals surface area contributed by atoms with E-state index in [0.29, 0.717) is 45.9 Å². The van der Waals surface area contributed by atoms with Crippen LogP contribution in [-0.4, -0.2) is 23.4 Å². The van der Waals surface area contributed by atoms with Crippen molar-refractivity contribution in [3.05, 3.63) is 74.6 Å². The lowest BCUT2D eigenvalue weighted by molar-refractivity contribution is -0.133. The minimum absolute atomic E-state index is 0.0725. The number of nitrogens with zero attached hydrogens (tertiary/aromatic N) is 1. The summed E-state index contributed by atoms with van der Waals surface area (Å²) in [4.78, 5) is 39.5. The second-order valence-electron chi connectivity index (χ2n) is 7.51. The highest BCUT2D eigenvalue weighted by Gasteiger charge is 2.54. The number of carbonyl (C=O) groups is 2. The first-order chi connectivity index (χ1) is 14.4. The molecule has 152 valence electrons. The summed E-state index contributed by atoms with van der Waals surface area (Å²) in [7, 11) is 0. The zero-order valence-electron chi connectivity index (χ0n) is 16.0. The number of fused-ring (bicyclic) bond motifs is 3. The van der Waals surface area contributed by atoms with Crippen LogP contribution < -0.4 is 15.7 Å². The number of carbonyl (C=O) groups excluding carboxylic acids is 2. The molecule has 8 heteroatoms. The van der Waals surface area contributed by atoms with Gasteiger partial charge in [-0.25, -0.2) is 9.59 Å². The third-order valence-electron chi connectivity index (χ3n) is 5.70. The fourth-order valence-corrected chi connectivity index (χ4v) is 4.33. The fraction of sp³-hybridized carbons (Fsp3) is 0.227. The molecule has 3 heterocycles. The quantitative estimate of drug-likeness (QED) is 0.502. The van der Waals surface area contributed by atoms with E-state index in [2.05, 4.69) is 5.32 Å². The monoisotopic (exact) mass is 424 g/mol. The molecule has 1 N–H and O–H groups in total. The van der Waals surface area contributed by atoms with E-state index in [1.807, 2.05) is 6.07 Å². The SMILES string of the molecule is Cc1cc2oc(=O)cc(CN3C(=O)NC4(CCOc5ccccc54)C3=O)c2cc1Cl. The Kier molecular flexibility index (Phi) is 4.11. The molecule has 2 aromatic carbocycles. The van der Waals surface area contributed by atoms with Crippen molar-refractivity contribution < 1.29 is 18.7 Å². The predicted octanol–water partition coefficient (Wildman–Crippen LogP) is 3.48. The van der Waals surface area contributed by atoms with Gasteiger partial charge < -0.3 is 14.5 Å². The Morgan fingerprint density at radius 1 is 1.17 bits per heavy atom. The molecular formula is C22H17ClN2O5. The van der Waals surface area contributed by atoms with Crippen LogP contribution in [0, 0.1) is 6.92 Å². The lowest BCUT2D eigenvalue weighted by Gasteiger charge is -2.33. The minimum atomic E-state index is -1.17. The first-order valence-electron chi connectivity index (χ1n) is 9.48. The van der Waals surface area contributed by atoms with Gasteiger partial charge in [-0.05, 0) is 36.2 Å². The van der Waals surface area contributed by atoms with Gasteiger partial charge in [-0.15, -0.1) is 0 Å². The minimum Gasteiger partial charge on any atom is -0.493 e. The van der Waals surface area contributed by atoms with Gasteiger partial charge in [0, 0.05) is 28.5 Å². The second kappa shape index (κ2) is 6.60. The molecule has 7 nitrogen and oxygen atoms in total. The topological polar surface area (TPSA) is 88.8 Å². The van der Waals surface area contributed by atoms with Gasteiger partial charge in [-0.3, -0.25) is 9.69 Å². The van der Waals surface area contributed by atoms with Crippen LogP contribution in [0.1, 0.15) is 23.1 Å². The van der Waals surface area contributed by atoms with Crippen LogP contribution in [-0.2, 0) is 16.9 Å². The highest BCUT2D eigenvalue weighted by Crippen LogP contribution is 2.41. The van der Waals surface area contributed by atoms with Crippen molar-refractivity contribution in [2.75, 3.05) is 6.61 Å². The maximum Gasteiger partial charge on any atom is 0.336 e. The molecule has 0 aliphatic carbocycles. The molecule has 0 bridgehead atoms. The Labute approximate surface area is 176 Å². The van der Waals surface area contributed by atoms with Crippen LogP contribution >= 0.6 is 11.6 Å². The van der Waals surface area contributed by atoms with Crippen LogP contribution in [0.2, 0.25) is 5.02 Å². The van der Waals surface area contributed by atoms with Crippen LogP contribution in [0.3, 0.4) is 0 Å². The Balaban J connectivity index is 1.58. The number of aryl methyl sites for hydroxylation is 1. The predicted molar refractivity (Wildman–Crippen MR) is 110 cm³/mol.